The number of carbonyl (C=O) groups excluding carboxylic acids is 2. The van der Waals surface area contributed by atoms with Crippen molar-refractivity contribution in [2.45, 2.75) is 24.6 Å². The standard InChI is InChI=1S/C22H24FN3O2S/c1-16-5-4-6-17(15-16)20(27)26-13-14-29-22(26)9-11-25(12-10-22)21(28)24-19-8-3-2-7-18(19)23/h2-8,15H,9-14H2,1H3,(H,24,28). The first kappa shape index (κ1) is 19.8. The molecule has 0 aliphatic carbocycles. The number of rotatable bonds is 2. The molecule has 0 saturated carbocycles. The molecule has 4 rings (SSSR count). The van der Waals surface area contributed by atoms with Crippen molar-refractivity contribution in [1.82, 2.24) is 9.80 Å². The zero-order valence-corrected chi connectivity index (χ0v) is 17.2. The molecule has 1 N–H and O–H groups in total. The van der Waals surface area contributed by atoms with Crippen LogP contribution in [0.25, 0.3) is 0 Å². The van der Waals surface area contributed by atoms with Crippen LogP contribution in [0.15, 0.2) is 48.5 Å². The van der Waals surface area contributed by atoms with Crippen molar-refractivity contribution in [2.24, 2.45) is 0 Å². The second-order valence-electron chi connectivity index (χ2n) is 7.52. The van der Waals surface area contributed by atoms with Gasteiger partial charge in [-0.25, -0.2) is 9.18 Å². The van der Waals surface area contributed by atoms with Gasteiger partial charge in [-0.15, -0.1) is 11.8 Å². The number of para-hydroxylation sites is 1. The summed E-state index contributed by atoms with van der Waals surface area (Å²) in [5.41, 5.74) is 1.97. The number of nitrogens with zero attached hydrogens (tertiary/aromatic N) is 2. The van der Waals surface area contributed by atoms with Crippen molar-refractivity contribution in [3.63, 3.8) is 0 Å². The second kappa shape index (κ2) is 8.06. The fraction of sp³-hybridized carbons (Fsp3) is 0.364. The average molecular weight is 414 g/mol. The highest BCUT2D eigenvalue weighted by Crippen LogP contribution is 2.44. The number of urea groups is 1. The summed E-state index contributed by atoms with van der Waals surface area (Å²) < 4.78 is 13.8. The molecule has 2 heterocycles. The average Bonchev–Trinajstić information content (AvgIpc) is 3.12. The van der Waals surface area contributed by atoms with E-state index >= 15 is 0 Å². The minimum Gasteiger partial charge on any atom is -0.324 e. The Morgan fingerprint density at radius 3 is 2.55 bits per heavy atom. The number of halogens is 1. The lowest BCUT2D eigenvalue weighted by Gasteiger charge is -2.44. The van der Waals surface area contributed by atoms with E-state index in [-0.39, 0.29) is 22.5 Å². The molecule has 29 heavy (non-hydrogen) atoms. The molecule has 152 valence electrons. The maximum atomic E-state index is 13.8. The molecule has 0 radical (unpaired) electrons. The first-order valence-corrected chi connectivity index (χ1v) is 10.8. The van der Waals surface area contributed by atoms with Crippen molar-refractivity contribution in [3.05, 3.63) is 65.5 Å². The van der Waals surface area contributed by atoms with Crippen molar-refractivity contribution in [3.8, 4) is 0 Å². The Morgan fingerprint density at radius 1 is 1.07 bits per heavy atom. The molecule has 1 spiro atoms. The first-order valence-electron chi connectivity index (χ1n) is 9.82. The SMILES string of the molecule is Cc1cccc(C(=O)N2CCSC23CCN(C(=O)Nc2ccccc2F)CC3)c1. The van der Waals surface area contributed by atoms with E-state index in [9.17, 15) is 14.0 Å². The largest absolute Gasteiger partial charge is 0.324 e. The minimum atomic E-state index is -0.449. The van der Waals surface area contributed by atoms with E-state index in [2.05, 4.69) is 5.32 Å². The van der Waals surface area contributed by atoms with E-state index in [1.54, 1.807) is 23.1 Å². The van der Waals surface area contributed by atoms with Gasteiger partial charge in [-0.1, -0.05) is 29.8 Å². The second-order valence-corrected chi connectivity index (χ2v) is 8.97. The van der Waals surface area contributed by atoms with Gasteiger partial charge in [0.25, 0.3) is 5.91 Å². The van der Waals surface area contributed by atoms with Crippen molar-refractivity contribution in [1.29, 1.82) is 0 Å². The predicted octanol–water partition coefficient (Wildman–Crippen LogP) is 4.35. The predicted molar refractivity (Wildman–Crippen MR) is 114 cm³/mol. The lowest BCUT2D eigenvalue weighted by molar-refractivity contribution is 0.0585. The third-order valence-corrected chi connectivity index (χ3v) is 7.19. The molecule has 0 bridgehead atoms. The van der Waals surface area contributed by atoms with E-state index in [1.807, 2.05) is 47.9 Å². The Balaban J connectivity index is 1.43. The van der Waals surface area contributed by atoms with E-state index in [0.29, 0.717) is 31.5 Å². The molecular weight excluding hydrogens is 389 g/mol. The highest BCUT2D eigenvalue weighted by Gasteiger charge is 2.47. The van der Waals surface area contributed by atoms with Crippen LogP contribution in [0.4, 0.5) is 14.9 Å². The van der Waals surface area contributed by atoms with Crippen LogP contribution in [-0.4, -0.2) is 52.0 Å². The summed E-state index contributed by atoms with van der Waals surface area (Å²) in [5, 5.41) is 2.65. The summed E-state index contributed by atoms with van der Waals surface area (Å²) in [6.07, 6.45) is 1.42. The lowest BCUT2D eigenvalue weighted by Crippen LogP contribution is -2.54. The first-order chi connectivity index (χ1) is 14.0. The van der Waals surface area contributed by atoms with Gasteiger partial charge in [0.1, 0.15) is 5.82 Å². The fourth-order valence-corrected chi connectivity index (χ4v) is 5.51. The summed E-state index contributed by atoms with van der Waals surface area (Å²) in [6, 6.07) is 13.5. The van der Waals surface area contributed by atoms with E-state index < -0.39 is 5.82 Å². The van der Waals surface area contributed by atoms with Crippen LogP contribution in [0.3, 0.4) is 0 Å². The number of carbonyl (C=O) groups is 2. The number of anilines is 1. The molecule has 2 saturated heterocycles. The minimum absolute atomic E-state index is 0.0583. The van der Waals surface area contributed by atoms with Gasteiger partial charge in [0.05, 0.1) is 10.6 Å². The van der Waals surface area contributed by atoms with Gasteiger partial charge in [0.2, 0.25) is 0 Å². The molecule has 2 aliphatic rings. The van der Waals surface area contributed by atoms with Crippen LogP contribution >= 0.6 is 11.8 Å². The van der Waals surface area contributed by atoms with E-state index in [0.717, 1.165) is 17.9 Å². The number of hydrogen-bond acceptors (Lipinski definition) is 3. The highest BCUT2D eigenvalue weighted by atomic mass is 32.2. The van der Waals surface area contributed by atoms with Crippen LogP contribution in [-0.2, 0) is 0 Å². The van der Waals surface area contributed by atoms with Gasteiger partial charge in [0, 0.05) is 31.0 Å². The molecule has 7 heteroatoms. The van der Waals surface area contributed by atoms with Gasteiger partial charge < -0.3 is 15.1 Å². The summed E-state index contributed by atoms with van der Waals surface area (Å²) in [7, 11) is 0. The van der Waals surface area contributed by atoms with Crippen molar-refractivity contribution in [2.75, 3.05) is 30.7 Å². The normalized spacial score (nSPS) is 18.1. The van der Waals surface area contributed by atoms with E-state index in [1.165, 1.54) is 6.07 Å². The van der Waals surface area contributed by atoms with Crippen molar-refractivity contribution >= 4 is 29.4 Å². The number of amides is 3. The molecular formula is C22H24FN3O2S. The molecule has 0 atom stereocenters. The van der Waals surface area contributed by atoms with Crippen molar-refractivity contribution < 1.29 is 14.0 Å². The highest BCUT2D eigenvalue weighted by molar-refractivity contribution is 8.00. The fourth-order valence-electron chi connectivity index (χ4n) is 4.06. The number of thioether (sulfide) groups is 1. The number of hydrogen-bond donors (Lipinski definition) is 1. The third-order valence-electron chi connectivity index (χ3n) is 5.64. The Kier molecular flexibility index (Phi) is 5.50. The molecule has 2 aromatic rings. The van der Waals surface area contributed by atoms with Gasteiger partial charge in [-0.05, 0) is 44.0 Å². The smallest absolute Gasteiger partial charge is 0.321 e. The lowest BCUT2D eigenvalue weighted by atomic mass is 10.0. The molecule has 2 aliphatic heterocycles. The maximum Gasteiger partial charge on any atom is 0.321 e. The number of aryl methyl sites for hydroxylation is 1. The van der Waals surface area contributed by atoms with E-state index in [4.69, 9.17) is 0 Å². The van der Waals surface area contributed by atoms with Gasteiger partial charge in [0.15, 0.2) is 0 Å². The molecule has 3 amide bonds. The Morgan fingerprint density at radius 2 is 1.83 bits per heavy atom. The summed E-state index contributed by atoms with van der Waals surface area (Å²) >= 11 is 1.81. The Hall–Kier alpha value is -2.54. The topological polar surface area (TPSA) is 52.7 Å². The van der Waals surface area contributed by atoms with Crippen LogP contribution < -0.4 is 5.32 Å². The number of likely N-dealkylation sites (tertiary alicyclic amines) is 1. The summed E-state index contributed by atoms with van der Waals surface area (Å²) in [5.74, 6) is 0.512. The maximum absolute atomic E-state index is 13.8. The molecule has 2 fully saturated rings. The Bertz CT molecular complexity index is 928. The van der Waals surface area contributed by atoms with Crippen LogP contribution in [0.5, 0.6) is 0 Å². The zero-order chi connectivity index (χ0) is 20.4. The zero-order valence-electron chi connectivity index (χ0n) is 16.4. The van der Waals surface area contributed by atoms with Crippen LogP contribution in [0, 0.1) is 12.7 Å². The van der Waals surface area contributed by atoms with Gasteiger partial charge in [-0.3, -0.25) is 4.79 Å². The third kappa shape index (κ3) is 3.96. The number of piperidine rings is 1. The van der Waals surface area contributed by atoms with Crippen LogP contribution in [0.1, 0.15) is 28.8 Å². The molecule has 5 nitrogen and oxygen atoms in total. The number of nitrogens with one attached hydrogen (secondary N) is 1. The monoisotopic (exact) mass is 413 g/mol. The summed E-state index contributed by atoms with van der Waals surface area (Å²) in [4.78, 5) is 29.1. The number of benzene rings is 2. The molecule has 2 aromatic carbocycles. The Labute approximate surface area is 174 Å². The molecule has 0 unspecified atom stereocenters. The molecule has 0 aromatic heterocycles. The summed E-state index contributed by atoms with van der Waals surface area (Å²) in [6.45, 7) is 3.77. The van der Waals surface area contributed by atoms with Crippen LogP contribution in [0.2, 0.25) is 0 Å². The van der Waals surface area contributed by atoms with Gasteiger partial charge >= 0.3 is 6.03 Å². The van der Waals surface area contributed by atoms with Gasteiger partial charge in [-0.2, -0.15) is 0 Å². The quantitative estimate of drug-likeness (QED) is 0.797.